The summed E-state index contributed by atoms with van der Waals surface area (Å²) in [7, 11) is 0. The number of hydrogen-bond acceptors (Lipinski definition) is 4. The van der Waals surface area contributed by atoms with Gasteiger partial charge in [-0.3, -0.25) is 4.79 Å². The highest BCUT2D eigenvalue weighted by Crippen LogP contribution is 2.29. The van der Waals surface area contributed by atoms with Gasteiger partial charge in [-0.2, -0.15) is 0 Å². The number of carbonyl (C=O) groups is 1. The smallest absolute Gasteiger partial charge is 0.308 e. The quantitative estimate of drug-likeness (QED) is 0.705. The molecule has 1 saturated heterocycles. The highest BCUT2D eigenvalue weighted by Gasteiger charge is 2.24. The summed E-state index contributed by atoms with van der Waals surface area (Å²) in [4.78, 5) is 11.5. The molecule has 0 radical (unpaired) electrons. The minimum absolute atomic E-state index is 0.0246. The maximum absolute atomic E-state index is 11.5. The molecule has 0 spiro atoms. The molecule has 0 saturated carbocycles. The number of esters is 1. The van der Waals surface area contributed by atoms with Crippen LogP contribution in [-0.4, -0.2) is 19.4 Å². The zero-order valence-corrected chi connectivity index (χ0v) is 10.3. The van der Waals surface area contributed by atoms with Gasteiger partial charge in [0.25, 0.3) is 0 Å². The van der Waals surface area contributed by atoms with E-state index in [1.165, 1.54) is 0 Å². The first kappa shape index (κ1) is 12.0. The van der Waals surface area contributed by atoms with Crippen molar-refractivity contribution in [3.05, 3.63) is 23.7 Å². The zero-order valence-electron chi connectivity index (χ0n) is 10.3. The van der Waals surface area contributed by atoms with E-state index >= 15 is 0 Å². The highest BCUT2D eigenvalue weighted by atomic mass is 16.7. The average Bonchev–Trinajstić information content (AvgIpc) is 2.82. The summed E-state index contributed by atoms with van der Waals surface area (Å²) in [6.45, 7) is 4.57. The standard InChI is InChI=1S/C13H18O4/c1-3-9(2)13(14)15-7-10-4-5-11-12(6-10)17-8-16-11/h5-6,9-10H,3-4,7-8H2,1-2H3. The SMILES string of the molecule is CCC(C)C(=O)OCC1C=C2OCOC2=CC1. The molecule has 2 aliphatic rings. The maximum atomic E-state index is 11.5. The van der Waals surface area contributed by atoms with E-state index in [2.05, 4.69) is 0 Å². The van der Waals surface area contributed by atoms with E-state index in [4.69, 9.17) is 14.2 Å². The fourth-order valence-corrected chi connectivity index (χ4v) is 1.74. The predicted molar refractivity (Wildman–Crippen MR) is 61.7 cm³/mol. The van der Waals surface area contributed by atoms with Crippen LogP contribution in [0, 0.1) is 11.8 Å². The Morgan fingerprint density at radius 1 is 1.53 bits per heavy atom. The van der Waals surface area contributed by atoms with Crippen molar-refractivity contribution < 1.29 is 19.0 Å². The third-order valence-electron chi connectivity index (χ3n) is 3.12. The molecule has 0 aromatic rings. The monoisotopic (exact) mass is 238 g/mol. The van der Waals surface area contributed by atoms with E-state index in [0.29, 0.717) is 6.61 Å². The number of ether oxygens (including phenoxy) is 3. The third kappa shape index (κ3) is 2.81. The molecule has 4 nitrogen and oxygen atoms in total. The van der Waals surface area contributed by atoms with E-state index < -0.39 is 0 Å². The third-order valence-corrected chi connectivity index (χ3v) is 3.12. The lowest BCUT2D eigenvalue weighted by molar-refractivity contribution is -0.148. The summed E-state index contributed by atoms with van der Waals surface area (Å²) in [5.41, 5.74) is 0. The van der Waals surface area contributed by atoms with Crippen molar-refractivity contribution in [3.63, 3.8) is 0 Å². The second-order valence-corrected chi connectivity index (χ2v) is 4.44. The van der Waals surface area contributed by atoms with Gasteiger partial charge >= 0.3 is 5.97 Å². The summed E-state index contributed by atoms with van der Waals surface area (Å²) in [6, 6.07) is 0. The molecular weight excluding hydrogens is 220 g/mol. The molecule has 17 heavy (non-hydrogen) atoms. The summed E-state index contributed by atoms with van der Waals surface area (Å²) in [6.07, 6.45) is 5.61. The number of allylic oxidation sites excluding steroid dienone is 1. The summed E-state index contributed by atoms with van der Waals surface area (Å²) in [5.74, 6) is 1.64. The van der Waals surface area contributed by atoms with Gasteiger partial charge in [0.2, 0.25) is 6.79 Å². The number of carbonyl (C=O) groups excluding carboxylic acids is 1. The van der Waals surface area contributed by atoms with Crippen molar-refractivity contribution in [2.45, 2.75) is 26.7 Å². The Bertz CT molecular complexity index is 356. The molecule has 2 atom stereocenters. The van der Waals surface area contributed by atoms with Gasteiger partial charge in [0, 0.05) is 5.92 Å². The Kier molecular flexibility index (Phi) is 3.71. The Morgan fingerprint density at radius 2 is 2.29 bits per heavy atom. The molecule has 1 aliphatic carbocycles. The summed E-state index contributed by atoms with van der Waals surface area (Å²) >= 11 is 0. The first-order chi connectivity index (χ1) is 8.20. The molecular formula is C13H18O4. The molecule has 0 aromatic heterocycles. The molecule has 94 valence electrons. The van der Waals surface area contributed by atoms with E-state index in [-0.39, 0.29) is 24.6 Å². The van der Waals surface area contributed by atoms with Gasteiger partial charge in [-0.15, -0.1) is 0 Å². The van der Waals surface area contributed by atoms with Gasteiger partial charge in [-0.05, 0) is 25.0 Å². The highest BCUT2D eigenvalue weighted by molar-refractivity contribution is 5.71. The topological polar surface area (TPSA) is 44.8 Å². The van der Waals surface area contributed by atoms with Gasteiger partial charge in [0.05, 0.1) is 12.5 Å². The molecule has 1 heterocycles. The minimum atomic E-state index is -0.121. The Balaban J connectivity index is 1.82. The Labute approximate surface area is 101 Å². The largest absolute Gasteiger partial charge is 0.465 e. The van der Waals surface area contributed by atoms with Crippen LogP contribution in [0.4, 0.5) is 0 Å². The lowest BCUT2D eigenvalue weighted by Gasteiger charge is -2.17. The summed E-state index contributed by atoms with van der Waals surface area (Å²) < 4.78 is 15.8. The van der Waals surface area contributed by atoms with Crippen LogP contribution in [0.25, 0.3) is 0 Å². The number of rotatable bonds is 4. The minimum Gasteiger partial charge on any atom is -0.465 e. The molecule has 2 rings (SSSR count). The molecule has 0 N–H and O–H groups in total. The van der Waals surface area contributed by atoms with E-state index in [1.54, 1.807) is 0 Å². The Hall–Kier alpha value is -1.45. The van der Waals surface area contributed by atoms with Crippen molar-refractivity contribution in [1.29, 1.82) is 0 Å². The molecule has 4 heteroatoms. The zero-order chi connectivity index (χ0) is 12.3. The summed E-state index contributed by atoms with van der Waals surface area (Å²) in [5, 5.41) is 0. The normalized spacial score (nSPS) is 23.8. The molecule has 1 aliphatic heterocycles. The van der Waals surface area contributed by atoms with Crippen molar-refractivity contribution in [1.82, 2.24) is 0 Å². The van der Waals surface area contributed by atoms with Crippen LogP contribution < -0.4 is 0 Å². The van der Waals surface area contributed by atoms with Crippen molar-refractivity contribution in [2.75, 3.05) is 13.4 Å². The molecule has 2 unspecified atom stereocenters. The first-order valence-corrected chi connectivity index (χ1v) is 6.05. The molecule has 0 amide bonds. The van der Waals surface area contributed by atoms with Crippen molar-refractivity contribution in [3.8, 4) is 0 Å². The van der Waals surface area contributed by atoms with Crippen LogP contribution in [0.15, 0.2) is 23.7 Å². The van der Waals surface area contributed by atoms with E-state index in [9.17, 15) is 4.79 Å². The van der Waals surface area contributed by atoms with Crippen LogP contribution in [-0.2, 0) is 19.0 Å². The van der Waals surface area contributed by atoms with E-state index in [1.807, 2.05) is 26.0 Å². The van der Waals surface area contributed by atoms with Gasteiger partial charge < -0.3 is 14.2 Å². The lowest BCUT2D eigenvalue weighted by atomic mass is 10.00. The van der Waals surface area contributed by atoms with Crippen LogP contribution >= 0.6 is 0 Å². The Morgan fingerprint density at radius 3 is 3.06 bits per heavy atom. The van der Waals surface area contributed by atoms with E-state index in [0.717, 1.165) is 24.4 Å². The second kappa shape index (κ2) is 5.25. The molecule has 0 bridgehead atoms. The van der Waals surface area contributed by atoms with Gasteiger partial charge in [0.15, 0.2) is 11.5 Å². The van der Waals surface area contributed by atoms with Crippen LogP contribution in [0.2, 0.25) is 0 Å². The second-order valence-electron chi connectivity index (χ2n) is 4.44. The maximum Gasteiger partial charge on any atom is 0.308 e. The predicted octanol–water partition coefficient (Wildman–Crippen LogP) is 2.37. The molecule has 0 aromatic carbocycles. The fourth-order valence-electron chi connectivity index (χ4n) is 1.74. The van der Waals surface area contributed by atoms with Crippen LogP contribution in [0.5, 0.6) is 0 Å². The first-order valence-electron chi connectivity index (χ1n) is 6.05. The average molecular weight is 238 g/mol. The molecule has 1 fully saturated rings. The van der Waals surface area contributed by atoms with Crippen molar-refractivity contribution in [2.24, 2.45) is 11.8 Å². The fraction of sp³-hybridized carbons (Fsp3) is 0.615. The van der Waals surface area contributed by atoms with Gasteiger partial charge in [-0.1, -0.05) is 13.8 Å². The number of fused-ring (bicyclic) bond motifs is 1. The van der Waals surface area contributed by atoms with Gasteiger partial charge in [-0.25, -0.2) is 0 Å². The van der Waals surface area contributed by atoms with Crippen molar-refractivity contribution >= 4 is 5.97 Å². The van der Waals surface area contributed by atoms with Crippen LogP contribution in [0.3, 0.4) is 0 Å². The van der Waals surface area contributed by atoms with Gasteiger partial charge in [0.1, 0.15) is 0 Å². The number of hydrogen-bond donors (Lipinski definition) is 0. The lowest BCUT2D eigenvalue weighted by Crippen LogP contribution is -2.19. The van der Waals surface area contributed by atoms with Crippen LogP contribution in [0.1, 0.15) is 26.7 Å².